The Kier molecular flexibility index (Phi) is 5.43. The third kappa shape index (κ3) is 4.41. The fourth-order valence-electron chi connectivity index (χ4n) is 1.62. The summed E-state index contributed by atoms with van der Waals surface area (Å²) in [7, 11) is 0. The van der Waals surface area contributed by atoms with Crippen LogP contribution in [0.3, 0.4) is 0 Å². The lowest BCUT2D eigenvalue weighted by Gasteiger charge is -2.06. The quantitative estimate of drug-likeness (QED) is 0.713. The number of carboxylic acid groups (broad SMARTS) is 1. The lowest BCUT2D eigenvalue weighted by atomic mass is 10.0. The molecule has 0 atom stereocenters. The van der Waals surface area contributed by atoms with Crippen LogP contribution in [-0.4, -0.2) is 22.8 Å². The van der Waals surface area contributed by atoms with Gasteiger partial charge >= 0.3 is 5.97 Å². The second-order valence-electron chi connectivity index (χ2n) is 4.02. The molecule has 0 amide bonds. The minimum atomic E-state index is -0.912. The van der Waals surface area contributed by atoms with E-state index in [1.807, 2.05) is 0 Å². The van der Waals surface area contributed by atoms with Crippen molar-refractivity contribution >= 4 is 11.5 Å². The number of rotatable bonds is 7. The zero-order valence-electron chi connectivity index (χ0n) is 9.85. The fourth-order valence-corrected chi connectivity index (χ4v) is 1.62. The molecule has 1 aromatic carbocycles. The molecule has 0 bridgehead atoms. The van der Waals surface area contributed by atoms with Crippen LogP contribution in [0, 0.1) is 0 Å². The van der Waals surface area contributed by atoms with Gasteiger partial charge in [0.1, 0.15) is 0 Å². The Balaban J connectivity index is 2.49. The van der Waals surface area contributed by atoms with Crippen molar-refractivity contribution < 1.29 is 15.0 Å². The number of carboxylic acids is 1. The van der Waals surface area contributed by atoms with Crippen LogP contribution in [-0.2, 0) is 0 Å². The van der Waals surface area contributed by atoms with Crippen LogP contribution in [0.25, 0.3) is 5.57 Å². The summed E-state index contributed by atoms with van der Waals surface area (Å²) < 4.78 is 0. The first-order valence-corrected chi connectivity index (χ1v) is 5.77. The highest BCUT2D eigenvalue weighted by atomic mass is 16.4. The third-order valence-corrected chi connectivity index (χ3v) is 2.68. The molecule has 0 aliphatic rings. The molecule has 1 aromatic rings. The van der Waals surface area contributed by atoms with Gasteiger partial charge in [-0.25, -0.2) is 4.79 Å². The summed E-state index contributed by atoms with van der Waals surface area (Å²) in [5.74, 6) is -0.912. The number of aliphatic hydroxyl groups is 1. The van der Waals surface area contributed by atoms with Gasteiger partial charge in [0.2, 0.25) is 0 Å². The SMILES string of the molecule is C=C(CCCCCO)c1ccc(C(=O)O)cc1. The number of benzene rings is 1. The van der Waals surface area contributed by atoms with E-state index in [2.05, 4.69) is 6.58 Å². The number of aliphatic hydroxyl groups excluding tert-OH is 1. The summed E-state index contributed by atoms with van der Waals surface area (Å²) in [5, 5.41) is 17.4. The maximum absolute atomic E-state index is 10.7. The van der Waals surface area contributed by atoms with E-state index in [-0.39, 0.29) is 6.61 Å². The van der Waals surface area contributed by atoms with E-state index in [9.17, 15) is 4.79 Å². The second kappa shape index (κ2) is 6.86. The summed E-state index contributed by atoms with van der Waals surface area (Å²) in [6, 6.07) is 6.77. The molecule has 0 saturated carbocycles. The molecular formula is C14H18O3. The van der Waals surface area contributed by atoms with Crippen LogP contribution in [0.4, 0.5) is 0 Å². The van der Waals surface area contributed by atoms with Gasteiger partial charge in [-0.15, -0.1) is 0 Å². The van der Waals surface area contributed by atoms with E-state index in [4.69, 9.17) is 10.2 Å². The van der Waals surface area contributed by atoms with Crippen LogP contribution in [0.15, 0.2) is 30.8 Å². The van der Waals surface area contributed by atoms with E-state index in [0.29, 0.717) is 5.56 Å². The van der Waals surface area contributed by atoms with E-state index < -0.39 is 5.97 Å². The minimum Gasteiger partial charge on any atom is -0.478 e. The molecule has 3 heteroatoms. The van der Waals surface area contributed by atoms with Crippen molar-refractivity contribution in [3.8, 4) is 0 Å². The van der Waals surface area contributed by atoms with E-state index >= 15 is 0 Å². The smallest absolute Gasteiger partial charge is 0.335 e. The predicted octanol–water partition coefficient (Wildman–Crippen LogP) is 2.95. The number of hydrogen-bond donors (Lipinski definition) is 2. The lowest BCUT2D eigenvalue weighted by molar-refractivity contribution is 0.0697. The molecule has 92 valence electrons. The summed E-state index contributed by atoms with van der Waals surface area (Å²) in [4.78, 5) is 10.7. The Labute approximate surface area is 101 Å². The predicted molar refractivity (Wildman–Crippen MR) is 68.0 cm³/mol. The van der Waals surface area contributed by atoms with E-state index in [0.717, 1.165) is 36.8 Å². The highest BCUT2D eigenvalue weighted by Crippen LogP contribution is 2.19. The van der Waals surface area contributed by atoms with Gasteiger partial charge in [0, 0.05) is 6.61 Å². The molecule has 3 nitrogen and oxygen atoms in total. The van der Waals surface area contributed by atoms with Gasteiger partial charge in [-0.1, -0.05) is 25.1 Å². The molecule has 0 aliphatic heterocycles. The highest BCUT2D eigenvalue weighted by molar-refractivity contribution is 5.88. The van der Waals surface area contributed by atoms with Crippen molar-refractivity contribution in [3.05, 3.63) is 42.0 Å². The molecule has 0 fully saturated rings. The number of unbranched alkanes of at least 4 members (excludes halogenated alkanes) is 2. The fraction of sp³-hybridized carbons (Fsp3) is 0.357. The number of carbonyl (C=O) groups is 1. The van der Waals surface area contributed by atoms with Gasteiger partial charge < -0.3 is 10.2 Å². The summed E-state index contributed by atoms with van der Waals surface area (Å²) in [5.41, 5.74) is 2.29. The van der Waals surface area contributed by atoms with Gasteiger partial charge in [-0.05, 0) is 42.5 Å². The van der Waals surface area contributed by atoms with Crippen molar-refractivity contribution in [1.82, 2.24) is 0 Å². The summed E-state index contributed by atoms with van der Waals surface area (Å²) in [6.07, 6.45) is 3.69. The molecule has 0 heterocycles. The molecule has 0 unspecified atom stereocenters. The van der Waals surface area contributed by atoms with Gasteiger partial charge in [0.25, 0.3) is 0 Å². The summed E-state index contributed by atoms with van der Waals surface area (Å²) >= 11 is 0. The van der Waals surface area contributed by atoms with Crippen molar-refractivity contribution in [3.63, 3.8) is 0 Å². The van der Waals surface area contributed by atoms with Gasteiger partial charge in [-0.3, -0.25) is 0 Å². The lowest BCUT2D eigenvalue weighted by Crippen LogP contribution is -1.95. The van der Waals surface area contributed by atoms with Crippen LogP contribution < -0.4 is 0 Å². The Morgan fingerprint density at radius 1 is 1.06 bits per heavy atom. The average molecular weight is 234 g/mol. The molecule has 1 rings (SSSR count). The average Bonchev–Trinajstić information content (AvgIpc) is 2.34. The maximum atomic E-state index is 10.7. The minimum absolute atomic E-state index is 0.236. The molecule has 0 aliphatic carbocycles. The van der Waals surface area contributed by atoms with Gasteiger partial charge in [0.05, 0.1) is 5.56 Å². The van der Waals surface area contributed by atoms with Crippen LogP contribution in [0.2, 0.25) is 0 Å². The molecule has 0 radical (unpaired) electrons. The van der Waals surface area contributed by atoms with Crippen LogP contribution in [0.1, 0.15) is 41.6 Å². The Hall–Kier alpha value is -1.61. The Morgan fingerprint density at radius 2 is 1.65 bits per heavy atom. The molecule has 0 saturated heterocycles. The maximum Gasteiger partial charge on any atom is 0.335 e. The van der Waals surface area contributed by atoms with Gasteiger partial charge in [0.15, 0.2) is 0 Å². The molecule has 2 N–H and O–H groups in total. The highest BCUT2D eigenvalue weighted by Gasteiger charge is 2.03. The van der Waals surface area contributed by atoms with Crippen molar-refractivity contribution in [2.75, 3.05) is 6.61 Å². The van der Waals surface area contributed by atoms with Crippen molar-refractivity contribution in [1.29, 1.82) is 0 Å². The topological polar surface area (TPSA) is 57.5 Å². The second-order valence-corrected chi connectivity index (χ2v) is 4.02. The largest absolute Gasteiger partial charge is 0.478 e. The number of allylic oxidation sites excluding steroid dienone is 1. The number of aromatic carboxylic acids is 1. The standard InChI is InChI=1S/C14H18O3/c1-11(5-3-2-4-10-15)12-6-8-13(9-7-12)14(16)17/h6-9,15H,1-5,10H2,(H,16,17). The Bertz CT molecular complexity index is 379. The molecule has 17 heavy (non-hydrogen) atoms. The molecule has 0 spiro atoms. The molecule has 0 aromatic heterocycles. The zero-order valence-corrected chi connectivity index (χ0v) is 9.85. The van der Waals surface area contributed by atoms with Crippen molar-refractivity contribution in [2.24, 2.45) is 0 Å². The monoisotopic (exact) mass is 234 g/mol. The normalized spacial score (nSPS) is 10.2. The zero-order chi connectivity index (χ0) is 12.7. The van der Waals surface area contributed by atoms with Crippen LogP contribution >= 0.6 is 0 Å². The van der Waals surface area contributed by atoms with Crippen LogP contribution in [0.5, 0.6) is 0 Å². The number of hydrogen-bond acceptors (Lipinski definition) is 2. The van der Waals surface area contributed by atoms with Crippen molar-refractivity contribution in [2.45, 2.75) is 25.7 Å². The molecular weight excluding hydrogens is 216 g/mol. The third-order valence-electron chi connectivity index (χ3n) is 2.68. The first-order chi connectivity index (χ1) is 8.15. The first kappa shape index (κ1) is 13.5. The Morgan fingerprint density at radius 3 is 2.18 bits per heavy atom. The summed E-state index contributed by atoms with van der Waals surface area (Å²) in [6.45, 7) is 4.22. The van der Waals surface area contributed by atoms with Gasteiger partial charge in [-0.2, -0.15) is 0 Å². The van der Waals surface area contributed by atoms with E-state index in [1.54, 1.807) is 24.3 Å². The van der Waals surface area contributed by atoms with E-state index in [1.165, 1.54) is 0 Å². The first-order valence-electron chi connectivity index (χ1n) is 5.77.